The lowest BCUT2D eigenvalue weighted by molar-refractivity contribution is -0.143. The molecule has 0 fully saturated rings. The molecule has 0 spiro atoms. The first kappa shape index (κ1) is 22.2. The van der Waals surface area contributed by atoms with Gasteiger partial charge in [0.05, 0.1) is 13.7 Å². The molecule has 1 atom stereocenters. The number of hydrogen-bond acceptors (Lipinski definition) is 6. The van der Waals surface area contributed by atoms with Gasteiger partial charge in [0.15, 0.2) is 0 Å². The van der Waals surface area contributed by atoms with Crippen molar-refractivity contribution in [3.8, 4) is 0 Å². The highest BCUT2D eigenvalue weighted by atomic mass is 16.6. The summed E-state index contributed by atoms with van der Waals surface area (Å²) >= 11 is 0. The fourth-order valence-corrected chi connectivity index (χ4v) is 1.77. The monoisotopic (exact) mass is 346 g/mol. The van der Waals surface area contributed by atoms with Gasteiger partial charge in [-0.1, -0.05) is 0 Å². The first-order chi connectivity index (χ1) is 11.1. The Morgan fingerprint density at radius 2 is 1.83 bits per heavy atom. The summed E-state index contributed by atoms with van der Waals surface area (Å²) in [7, 11) is 2.89. The van der Waals surface area contributed by atoms with E-state index in [0.717, 1.165) is 0 Å². The van der Waals surface area contributed by atoms with Crippen LogP contribution in [0.5, 0.6) is 0 Å². The van der Waals surface area contributed by atoms with Gasteiger partial charge >= 0.3 is 12.1 Å². The van der Waals surface area contributed by atoms with Gasteiger partial charge in [0.25, 0.3) is 0 Å². The van der Waals surface area contributed by atoms with E-state index in [4.69, 9.17) is 9.47 Å². The summed E-state index contributed by atoms with van der Waals surface area (Å²) < 4.78 is 15.0. The van der Waals surface area contributed by atoms with Crippen LogP contribution in [0.4, 0.5) is 4.79 Å². The first-order valence-corrected chi connectivity index (χ1v) is 7.99. The van der Waals surface area contributed by atoms with E-state index in [-0.39, 0.29) is 18.7 Å². The number of methoxy groups -OCH3 is 1. The number of carbonyl (C=O) groups excluding carboxylic acids is 3. The highest BCUT2D eigenvalue weighted by molar-refractivity contribution is 5.82. The summed E-state index contributed by atoms with van der Waals surface area (Å²) in [5, 5.41) is 2.44. The van der Waals surface area contributed by atoms with Gasteiger partial charge in [-0.2, -0.15) is 0 Å². The molecular weight excluding hydrogens is 316 g/mol. The second kappa shape index (κ2) is 10.9. The molecule has 0 rings (SSSR count). The zero-order valence-corrected chi connectivity index (χ0v) is 15.5. The van der Waals surface area contributed by atoms with Crippen LogP contribution in [-0.2, 0) is 23.8 Å². The number of nitrogens with one attached hydrogen (secondary N) is 1. The zero-order valence-electron chi connectivity index (χ0n) is 15.5. The fraction of sp³-hybridized carbons (Fsp3) is 0.812. The van der Waals surface area contributed by atoms with E-state index in [9.17, 15) is 14.4 Å². The van der Waals surface area contributed by atoms with Crippen LogP contribution in [0.3, 0.4) is 0 Å². The van der Waals surface area contributed by atoms with Crippen molar-refractivity contribution in [3.05, 3.63) is 0 Å². The third-order valence-electron chi connectivity index (χ3n) is 3.02. The summed E-state index contributed by atoms with van der Waals surface area (Å²) in [5.74, 6) is -0.764. The van der Waals surface area contributed by atoms with Crippen LogP contribution in [0.25, 0.3) is 0 Å². The Hall–Kier alpha value is -1.83. The first-order valence-electron chi connectivity index (χ1n) is 7.99. The summed E-state index contributed by atoms with van der Waals surface area (Å²) in [6.07, 6.45) is -0.503. The summed E-state index contributed by atoms with van der Waals surface area (Å²) in [4.78, 5) is 37.1. The smallest absolute Gasteiger partial charge is 0.408 e. The molecule has 0 aliphatic carbocycles. The number of likely N-dealkylation sites (N-methyl/N-ethyl adjacent to an activating group) is 1. The fourth-order valence-electron chi connectivity index (χ4n) is 1.77. The van der Waals surface area contributed by atoms with Gasteiger partial charge in [0, 0.05) is 26.6 Å². The average Bonchev–Trinajstić information content (AvgIpc) is 2.48. The second-order valence-electron chi connectivity index (χ2n) is 6.27. The van der Waals surface area contributed by atoms with Crippen molar-refractivity contribution in [2.75, 3.05) is 33.9 Å². The van der Waals surface area contributed by atoms with E-state index in [0.29, 0.717) is 19.8 Å². The Kier molecular flexibility index (Phi) is 10.0. The van der Waals surface area contributed by atoms with Gasteiger partial charge in [-0.05, 0) is 34.1 Å². The Labute approximate surface area is 143 Å². The lowest BCUT2D eigenvalue weighted by atomic mass is 10.1. The Morgan fingerprint density at radius 3 is 2.33 bits per heavy atom. The minimum absolute atomic E-state index is 0.0954. The van der Waals surface area contributed by atoms with Gasteiger partial charge in [0.1, 0.15) is 11.6 Å². The summed E-state index contributed by atoms with van der Waals surface area (Å²) in [5.41, 5.74) is -0.680. The highest BCUT2D eigenvalue weighted by Crippen LogP contribution is 2.09. The van der Waals surface area contributed by atoms with Crippen molar-refractivity contribution in [3.63, 3.8) is 0 Å². The van der Waals surface area contributed by atoms with E-state index in [1.807, 2.05) is 6.92 Å². The highest BCUT2D eigenvalue weighted by Gasteiger charge is 2.26. The molecule has 0 heterocycles. The molecule has 0 radical (unpaired) electrons. The quantitative estimate of drug-likeness (QED) is 0.500. The van der Waals surface area contributed by atoms with Crippen molar-refractivity contribution < 1.29 is 28.6 Å². The van der Waals surface area contributed by atoms with Crippen molar-refractivity contribution in [2.45, 2.75) is 52.2 Å². The molecule has 2 amide bonds. The molecule has 140 valence electrons. The van der Waals surface area contributed by atoms with E-state index in [1.54, 1.807) is 27.8 Å². The maximum atomic E-state index is 12.0. The molecule has 8 heteroatoms. The molecule has 0 aromatic heterocycles. The lowest BCUT2D eigenvalue weighted by Gasteiger charge is -2.23. The van der Waals surface area contributed by atoms with Crippen molar-refractivity contribution in [1.82, 2.24) is 10.2 Å². The SMILES string of the molecule is CCOCCN(C)C(=O)CC[C@@H](NC(=O)OC(C)(C)C)C(=O)OC. The predicted octanol–water partition coefficient (Wildman–Crippen LogP) is 1.33. The Morgan fingerprint density at radius 1 is 1.21 bits per heavy atom. The van der Waals surface area contributed by atoms with Crippen LogP contribution in [0.15, 0.2) is 0 Å². The van der Waals surface area contributed by atoms with E-state index in [2.05, 4.69) is 10.1 Å². The standard InChI is InChI=1S/C16H30N2O6/c1-7-23-11-10-18(5)13(19)9-8-12(14(20)22-6)17-15(21)24-16(2,3)4/h12H,7-11H2,1-6H3,(H,17,21)/t12-/m1/s1. The number of rotatable bonds is 9. The second-order valence-corrected chi connectivity index (χ2v) is 6.27. The third kappa shape index (κ3) is 10.0. The van der Waals surface area contributed by atoms with Gasteiger partial charge in [0.2, 0.25) is 5.91 Å². The van der Waals surface area contributed by atoms with Crippen LogP contribution in [0, 0.1) is 0 Å². The van der Waals surface area contributed by atoms with Gasteiger partial charge in [-0.15, -0.1) is 0 Å². The van der Waals surface area contributed by atoms with Crippen LogP contribution >= 0.6 is 0 Å². The molecule has 0 saturated carbocycles. The normalized spacial score (nSPS) is 12.2. The molecule has 0 aliphatic rings. The number of nitrogens with zero attached hydrogens (tertiary/aromatic N) is 1. The average molecular weight is 346 g/mol. The molecule has 0 bridgehead atoms. The predicted molar refractivity (Wildman–Crippen MR) is 88.5 cm³/mol. The number of hydrogen-bond donors (Lipinski definition) is 1. The molecule has 0 aromatic rings. The zero-order chi connectivity index (χ0) is 18.8. The number of amides is 2. The molecule has 0 unspecified atom stereocenters. The van der Waals surface area contributed by atoms with Crippen LogP contribution < -0.4 is 5.32 Å². The Bertz CT molecular complexity index is 419. The van der Waals surface area contributed by atoms with E-state index >= 15 is 0 Å². The topological polar surface area (TPSA) is 94.2 Å². The van der Waals surface area contributed by atoms with Crippen molar-refractivity contribution in [2.24, 2.45) is 0 Å². The lowest BCUT2D eigenvalue weighted by Crippen LogP contribution is -2.44. The molecule has 0 saturated heterocycles. The van der Waals surface area contributed by atoms with E-state index < -0.39 is 23.7 Å². The van der Waals surface area contributed by atoms with Crippen LogP contribution in [0.1, 0.15) is 40.5 Å². The van der Waals surface area contributed by atoms with Crippen LogP contribution in [-0.4, -0.2) is 68.4 Å². The van der Waals surface area contributed by atoms with Gasteiger partial charge < -0.3 is 24.4 Å². The van der Waals surface area contributed by atoms with Gasteiger partial charge in [-0.3, -0.25) is 4.79 Å². The van der Waals surface area contributed by atoms with Crippen molar-refractivity contribution in [1.29, 1.82) is 0 Å². The minimum Gasteiger partial charge on any atom is -0.467 e. The number of alkyl carbamates (subject to hydrolysis) is 1. The van der Waals surface area contributed by atoms with Crippen LogP contribution in [0.2, 0.25) is 0 Å². The van der Waals surface area contributed by atoms with Gasteiger partial charge in [-0.25, -0.2) is 9.59 Å². The molecule has 8 nitrogen and oxygen atoms in total. The molecule has 0 aliphatic heterocycles. The minimum atomic E-state index is -0.936. The number of ether oxygens (including phenoxy) is 3. The Balaban J connectivity index is 4.50. The largest absolute Gasteiger partial charge is 0.467 e. The number of carbonyl (C=O) groups is 3. The van der Waals surface area contributed by atoms with Crippen molar-refractivity contribution >= 4 is 18.0 Å². The third-order valence-corrected chi connectivity index (χ3v) is 3.02. The molecule has 0 aromatic carbocycles. The summed E-state index contributed by atoms with van der Waals surface area (Å²) in [6.45, 7) is 8.55. The molecule has 24 heavy (non-hydrogen) atoms. The maximum absolute atomic E-state index is 12.0. The van der Waals surface area contributed by atoms with E-state index in [1.165, 1.54) is 12.0 Å². The number of esters is 1. The maximum Gasteiger partial charge on any atom is 0.408 e. The molecular formula is C16H30N2O6. The molecule has 1 N–H and O–H groups in total. The summed E-state index contributed by atoms with van der Waals surface area (Å²) in [6, 6.07) is -0.936.